The van der Waals surface area contributed by atoms with Gasteiger partial charge in [0.15, 0.2) is 11.5 Å². The molecule has 2 heterocycles. The lowest BCUT2D eigenvalue weighted by Gasteiger charge is -2.26. The van der Waals surface area contributed by atoms with Crippen LogP contribution in [0.4, 0.5) is 0 Å². The zero-order valence-electron chi connectivity index (χ0n) is 22.5. The summed E-state index contributed by atoms with van der Waals surface area (Å²) < 4.78 is 17.3. The van der Waals surface area contributed by atoms with E-state index in [0.29, 0.717) is 35.7 Å². The molecule has 0 saturated carbocycles. The number of aliphatic hydroxyl groups excluding tert-OH is 1. The molecule has 1 saturated heterocycles. The van der Waals surface area contributed by atoms with Crippen LogP contribution in [0.15, 0.2) is 72.3 Å². The number of methoxy groups -OCH3 is 1. The Kier molecular flexibility index (Phi) is 7.59. The number of aliphatic hydroxyl groups is 1. The first-order valence-corrected chi connectivity index (χ1v) is 13.3. The van der Waals surface area contributed by atoms with E-state index >= 15 is 0 Å². The number of carbonyl (C=O) groups excluding carboxylic acids is 2. The normalized spacial score (nSPS) is 19.6. The van der Waals surface area contributed by atoms with Crippen molar-refractivity contribution in [3.05, 3.63) is 94.6 Å². The van der Waals surface area contributed by atoms with Gasteiger partial charge in [-0.3, -0.25) is 9.59 Å². The van der Waals surface area contributed by atoms with E-state index in [4.69, 9.17) is 14.2 Å². The van der Waals surface area contributed by atoms with Crippen molar-refractivity contribution in [2.45, 2.75) is 51.8 Å². The lowest BCUT2D eigenvalue weighted by molar-refractivity contribution is -0.140. The summed E-state index contributed by atoms with van der Waals surface area (Å²) in [6, 6.07) is 19.4. The Bertz CT molecular complexity index is 1410. The van der Waals surface area contributed by atoms with Crippen LogP contribution in [0.1, 0.15) is 55.0 Å². The van der Waals surface area contributed by atoms with Crippen LogP contribution >= 0.6 is 0 Å². The molecular weight excluding hydrogens is 494 g/mol. The molecule has 7 heteroatoms. The third-order valence-electron chi connectivity index (χ3n) is 7.16. The van der Waals surface area contributed by atoms with Gasteiger partial charge in [-0.1, -0.05) is 49.7 Å². The van der Waals surface area contributed by atoms with Crippen LogP contribution in [-0.4, -0.2) is 41.5 Å². The summed E-state index contributed by atoms with van der Waals surface area (Å²) in [7, 11) is 1.56. The number of Topliss-reactive ketones (excluding diaryl/α,β-unsaturated/α-hetero) is 1. The van der Waals surface area contributed by atoms with Crippen LogP contribution in [0.25, 0.3) is 5.76 Å². The molecule has 1 N–H and O–H groups in total. The fourth-order valence-electron chi connectivity index (χ4n) is 5.19. The van der Waals surface area contributed by atoms with Gasteiger partial charge in [0, 0.05) is 18.5 Å². The second kappa shape index (κ2) is 11.2. The van der Waals surface area contributed by atoms with Crippen LogP contribution in [0.5, 0.6) is 17.2 Å². The molecule has 3 aromatic carbocycles. The highest BCUT2D eigenvalue weighted by molar-refractivity contribution is 6.46. The van der Waals surface area contributed by atoms with Crippen LogP contribution in [0.2, 0.25) is 0 Å². The van der Waals surface area contributed by atoms with E-state index in [-0.39, 0.29) is 24.0 Å². The van der Waals surface area contributed by atoms with Gasteiger partial charge in [-0.2, -0.15) is 0 Å². The molecule has 2 aliphatic heterocycles. The molecule has 0 spiro atoms. The Morgan fingerprint density at radius 3 is 2.59 bits per heavy atom. The van der Waals surface area contributed by atoms with E-state index in [1.807, 2.05) is 49.4 Å². The number of unbranched alkanes of at least 4 members (excludes halogenated alkanes) is 1. The first kappa shape index (κ1) is 26.4. The number of ether oxygens (including phenoxy) is 3. The zero-order valence-corrected chi connectivity index (χ0v) is 22.5. The number of fused-ring (bicyclic) bond motifs is 1. The highest BCUT2D eigenvalue weighted by Crippen LogP contribution is 2.43. The summed E-state index contributed by atoms with van der Waals surface area (Å²) in [6.07, 6.45) is 2.66. The van der Waals surface area contributed by atoms with Crippen molar-refractivity contribution in [3.63, 3.8) is 0 Å². The van der Waals surface area contributed by atoms with Crippen molar-refractivity contribution in [2.75, 3.05) is 13.7 Å². The van der Waals surface area contributed by atoms with E-state index in [0.717, 1.165) is 29.7 Å². The largest absolute Gasteiger partial charge is 0.507 e. The van der Waals surface area contributed by atoms with Crippen molar-refractivity contribution < 1.29 is 28.9 Å². The van der Waals surface area contributed by atoms with Gasteiger partial charge in [-0.05, 0) is 60.4 Å². The molecule has 1 fully saturated rings. The molecule has 2 atom stereocenters. The Morgan fingerprint density at radius 2 is 1.85 bits per heavy atom. The smallest absolute Gasteiger partial charge is 0.295 e. The first-order valence-electron chi connectivity index (χ1n) is 13.3. The van der Waals surface area contributed by atoms with Gasteiger partial charge in [-0.15, -0.1) is 0 Å². The van der Waals surface area contributed by atoms with Gasteiger partial charge in [0.05, 0.1) is 25.3 Å². The first-order chi connectivity index (χ1) is 18.9. The minimum Gasteiger partial charge on any atom is -0.507 e. The summed E-state index contributed by atoms with van der Waals surface area (Å²) in [5, 5.41) is 11.5. The minimum absolute atomic E-state index is 0.0411. The summed E-state index contributed by atoms with van der Waals surface area (Å²) >= 11 is 0. The van der Waals surface area contributed by atoms with Crippen molar-refractivity contribution in [1.82, 2.24) is 4.90 Å². The molecule has 3 aromatic rings. The predicted octanol–water partition coefficient (Wildman–Crippen LogP) is 5.82. The number of ketones is 1. The average molecular weight is 528 g/mol. The fourth-order valence-corrected chi connectivity index (χ4v) is 5.19. The standard InChI is InChI=1S/C32H33NO6/c1-4-5-15-38-26-14-11-22(18-27(26)37-3)29-28(30(34)23-12-13-25-24(17-23)16-20(2)39-25)31(35)32(36)33(29)19-21-9-7-6-8-10-21/h6-14,17-18,20,29,34H,4-5,15-16,19H2,1-3H3/b30-28+/t20-,29-/m0/s1. The molecule has 0 aromatic heterocycles. The monoisotopic (exact) mass is 527 g/mol. The molecule has 202 valence electrons. The van der Waals surface area contributed by atoms with Gasteiger partial charge in [-0.25, -0.2) is 0 Å². The van der Waals surface area contributed by atoms with Gasteiger partial charge in [0.25, 0.3) is 11.7 Å². The highest BCUT2D eigenvalue weighted by Gasteiger charge is 2.46. The third kappa shape index (κ3) is 5.21. The van der Waals surface area contributed by atoms with Crippen LogP contribution in [0, 0.1) is 0 Å². The maximum atomic E-state index is 13.5. The van der Waals surface area contributed by atoms with E-state index in [9.17, 15) is 14.7 Å². The molecule has 39 heavy (non-hydrogen) atoms. The van der Waals surface area contributed by atoms with Crippen LogP contribution in [0.3, 0.4) is 0 Å². The molecule has 2 aliphatic rings. The summed E-state index contributed by atoms with van der Waals surface area (Å²) in [5.74, 6) is 0.258. The number of hydrogen-bond donors (Lipinski definition) is 1. The van der Waals surface area contributed by atoms with Crippen molar-refractivity contribution in [2.24, 2.45) is 0 Å². The number of rotatable bonds is 9. The Morgan fingerprint density at radius 1 is 1.05 bits per heavy atom. The lowest BCUT2D eigenvalue weighted by atomic mass is 9.94. The van der Waals surface area contributed by atoms with Gasteiger partial charge in [0.1, 0.15) is 17.6 Å². The number of nitrogens with zero attached hydrogens (tertiary/aromatic N) is 1. The van der Waals surface area contributed by atoms with Gasteiger partial charge < -0.3 is 24.2 Å². The molecule has 0 bridgehead atoms. The van der Waals surface area contributed by atoms with Crippen LogP contribution in [-0.2, 0) is 22.6 Å². The Labute approximate surface area is 228 Å². The topological polar surface area (TPSA) is 85.3 Å². The maximum Gasteiger partial charge on any atom is 0.295 e. The molecule has 0 radical (unpaired) electrons. The average Bonchev–Trinajstić information content (AvgIpc) is 3.44. The molecule has 7 nitrogen and oxygen atoms in total. The quantitative estimate of drug-likeness (QED) is 0.163. The van der Waals surface area contributed by atoms with E-state index in [1.54, 1.807) is 31.4 Å². The minimum atomic E-state index is -0.813. The summed E-state index contributed by atoms with van der Waals surface area (Å²) in [6.45, 7) is 4.84. The molecular formula is C32H33NO6. The Hall–Kier alpha value is -4.26. The highest BCUT2D eigenvalue weighted by atomic mass is 16.5. The van der Waals surface area contributed by atoms with E-state index in [1.165, 1.54) is 4.90 Å². The number of amides is 1. The Balaban J connectivity index is 1.60. The predicted molar refractivity (Wildman–Crippen MR) is 148 cm³/mol. The van der Waals surface area contributed by atoms with Crippen molar-refractivity contribution in [1.29, 1.82) is 0 Å². The van der Waals surface area contributed by atoms with Crippen molar-refractivity contribution in [3.8, 4) is 17.2 Å². The number of benzene rings is 3. The fraction of sp³-hybridized carbons (Fsp3) is 0.312. The maximum absolute atomic E-state index is 13.5. The number of hydrogen-bond acceptors (Lipinski definition) is 6. The lowest BCUT2D eigenvalue weighted by Crippen LogP contribution is -2.29. The number of carbonyl (C=O) groups is 2. The van der Waals surface area contributed by atoms with Gasteiger partial charge in [0.2, 0.25) is 0 Å². The summed E-state index contributed by atoms with van der Waals surface area (Å²) in [5.41, 5.74) is 2.99. The van der Waals surface area contributed by atoms with E-state index in [2.05, 4.69) is 6.92 Å². The van der Waals surface area contributed by atoms with Crippen LogP contribution < -0.4 is 14.2 Å². The molecule has 0 aliphatic carbocycles. The number of likely N-dealkylation sites (tertiary alicyclic amines) is 1. The van der Waals surface area contributed by atoms with E-state index < -0.39 is 17.7 Å². The second-order valence-electron chi connectivity index (χ2n) is 9.98. The SMILES string of the molecule is CCCCOc1ccc([C@H]2/C(=C(\O)c3ccc4c(c3)C[C@H](C)O4)C(=O)C(=O)N2Cc2ccccc2)cc1OC. The second-order valence-corrected chi connectivity index (χ2v) is 9.98. The van der Waals surface area contributed by atoms with Crippen molar-refractivity contribution >= 4 is 17.4 Å². The molecule has 0 unspecified atom stereocenters. The molecule has 5 rings (SSSR count). The zero-order chi connectivity index (χ0) is 27.5. The third-order valence-corrected chi connectivity index (χ3v) is 7.16. The molecule has 1 amide bonds. The summed E-state index contributed by atoms with van der Waals surface area (Å²) in [4.78, 5) is 28.4. The van der Waals surface area contributed by atoms with Gasteiger partial charge >= 0.3 is 0 Å².